The maximum absolute atomic E-state index is 12.6. The zero-order valence-electron chi connectivity index (χ0n) is 14.2. The van der Waals surface area contributed by atoms with Crippen molar-refractivity contribution in [1.82, 2.24) is 4.90 Å². The van der Waals surface area contributed by atoms with Gasteiger partial charge in [-0.15, -0.1) is 0 Å². The van der Waals surface area contributed by atoms with Gasteiger partial charge in [-0.3, -0.25) is 9.59 Å². The van der Waals surface area contributed by atoms with Crippen LogP contribution in [0.2, 0.25) is 0 Å². The normalized spacial score (nSPS) is 22.7. The van der Waals surface area contributed by atoms with Crippen LogP contribution in [-0.4, -0.2) is 48.2 Å². The first-order valence-corrected chi connectivity index (χ1v) is 8.64. The SMILES string of the molecule is Cc1ccc(CCC(=O)N2CC(C(=O)O)C3(CCOCC3)C2)cc1. The van der Waals surface area contributed by atoms with Gasteiger partial charge in [0.1, 0.15) is 0 Å². The highest BCUT2D eigenvalue weighted by atomic mass is 16.5. The first kappa shape index (κ1) is 17.0. The second-order valence-corrected chi connectivity index (χ2v) is 7.13. The Hall–Kier alpha value is -1.88. The summed E-state index contributed by atoms with van der Waals surface area (Å²) < 4.78 is 5.40. The number of likely N-dealkylation sites (tertiary alicyclic amines) is 1. The quantitative estimate of drug-likeness (QED) is 0.919. The van der Waals surface area contributed by atoms with Crippen molar-refractivity contribution in [3.63, 3.8) is 0 Å². The topological polar surface area (TPSA) is 66.8 Å². The van der Waals surface area contributed by atoms with E-state index in [-0.39, 0.29) is 11.3 Å². The lowest BCUT2D eigenvalue weighted by Crippen LogP contribution is -2.40. The molecule has 2 aliphatic rings. The largest absolute Gasteiger partial charge is 0.481 e. The minimum Gasteiger partial charge on any atom is -0.481 e. The number of rotatable bonds is 4. The van der Waals surface area contributed by atoms with Gasteiger partial charge < -0.3 is 14.7 Å². The molecule has 1 aromatic carbocycles. The Morgan fingerprint density at radius 1 is 1.25 bits per heavy atom. The molecule has 24 heavy (non-hydrogen) atoms. The first-order chi connectivity index (χ1) is 11.5. The monoisotopic (exact) mass is 331 g/mol. The fraction of sp³-hybridized carbons (Fsp3) is 0.579. The van der Waals surface area contributed by atoms with Crippen LogP contribution in [0.4, 0.5) is 0 Å². The van der Waals surface area contributed by atoms with E-state index in [1.54, 1.807) is 4.90 Å². The predicted molar refractivity (Wildman–Crippen MR) is 89.7 cm³/mol. The number of hydrogen-bond donors (Lipinski definition) is 1. The molecule has 1 spiro atoms. The number of aryl methyl sites for hydroxylation is 2. The van der Waals surface area contributed by atoms with Crippen molar-refractivity contribution in [3.05, 3.63) is 35.4 Å². The third-order valence-electron chi connectivity index (χ3n) is 5.54. The number of benzene rings is 1. The smallest absolute Gasteiger partial charge is 0.308 e. The number of carbonyl (C=O) groups excluding carboxylic acids is 1. The van der Waals surface area contributed by atoms with Gasteiger partial charge in [-0.1, -0.05) is 29.8 Å². The van der Waals surface area contributed by atoms with E-state index in [9.17, 15) is 14.7 Å². The number of carbonyl (C=O) groups is 2. The summed E-state index contributed by atoms with van der Waals surface area (Å²) in [5.74, 6) is -1.19. The van der Waals surface area contributed by atoms with Crippen LogP contribution in [0, 0.1) is 18.3 Å². The van der Waals surface area contributed by atoms with E-state index in [1.807, 2.05) is 31.2 Å². The highest BCUT2D eigenvalue weighted by Crippen LogP contribution is 2.44. The summed E-state index contributed by atoms with van der Waals surface area (Å²) in [6, 6.07) is 8.19. The predicted octanol–water partition coefficient (Wildman–Crippen LogP) is 2.27. The van der Waals surface area contributed by atoms with Gasteiger partial charge in [-0.2, -0.15) is 0 Å². The van der Waals surface area contributed by atoms with Gasteiger partial charge in [0.25, 0.3) is 0 Å². The average Bonchev–Trinajstić information content (AvgIpc) is 2.94. The summed E-state index contributed by atoms with van der Waals surface area (Å²) in [6.45, 7) is 4.12. The van der Waals surface area contributed by atoms with E-state index >= 15 is 0 Å². The number of aliphatic carboxylic acids is 1. The third-order valence-corrected chi connectivity index (χ3v) is 5.54. The highest BCUT2D eigenvalue weighted by Gasteiger charge is 2.51. The van der Waals surface area contributed by atoms with E-state index in [4.69, 9.17) is 4.74 Å². The molecule has 3 rings (SSSR count). The lowest BCUT2D eigenvalue weighted by molar-refractivity contribution is -0.146. The maximum Gasteiger partial charge on any atom is 0.308 e. The lowest BCUT2D eigenvalue weighted by atomic mass is 9.72. The fourth-order valence-electron chi connectivity index (χ4n) is 3.95. The second-order valence-electron chi connectivity index (χ2n) is 7.13. The van der Waals surface area contributed by atoms with Crippen molar-refractivity contribution < 1.29 is 19.4 Å². The van der Waals surface area contributed by atoms with Crippen molar-refractivity contribution in [3.8, 4) is 0 Å². The van der Waals surface area contributed by atoms with Crippen LogP contribution in [0.15, 0.2) is 24.3 Å². The van der Waals surface area contributed by atoms with Gasteiger partial charge in [0.2, 0.25) is 5.91 Å². The Morgan fingerprint density at radius 3 is 2.54 bits per heavy atom. The van der Waals surface area contributed by atoms with Gasteiger partial charge >= 0.3 is 5.97 Å². The molecule has 0 aromatic heterocycles. The Bertz CT molecular complexity index is 604. The van der Waals surface area contributed by atoms with Crippen LogP contribution >= 0.6 is 0 Å². The van der Waals surface area contributed by atoms with Gasteiger partial charge in [-0.05, 0) is 31.7 Å². The van der Waals surface area contributed by atoms with Gasteiger partial charge in [0, 0.05) is 38.1 Å². The van der Waals surface area contributed by atoms with Crippen molar-refractivity contribution in [1.29, 1.82) is 0 Å². The van der Waals surface area contributed by atoms with Crippen LogP contribution in [0.25, 0.3) is 0 Å². The van der Waals surface area contributed by atoms with Crippen LogP contribution in [0.1, 0.15) is 30.4 Å². The molecule has 0 radical (unpaired) electrons. The van der Waals surface area contributed by atoms with E-state index in [1.165, 1.54) is 5.56 Å². The Labute approximate surface area is 142 Å². The fourth-order valence-corrected chi connectivity index (χ4v) is 3.95. The van der Waals surface area contributed by atoms with Crippen LogP contribution < -0.4 is 0 Å². The average molecular weight is 331 g/mol. The standard InChI is InChI=1S/C19H25NO4/c1-14-2-4-15(5-3-14)6-7-17(21)20-12-16(18(22)23)19(13-20)8-10-24-11-9-19/h2-5,16H,6-13H2,1H3,(H,22,23). The Kier molecular flexibility index (Phi) is 4.90. The summed E-state index contributed by atoms with van der Waals surface area (Å²) in [5.41, 5.74) is 2.04. The number of ether oxygens (including phenoxy) is 1. The second kappa shape index (κ2) is 6.93. The molecule has 0 bridgehead atoms. The number of hydrogen-bond acceptors (Lipinski definition) is 3. The summed E-state index contributed by atoms with van der Waals surface area (Å²) in [5, 5.41) is 9.59. The number of carboxylic acids is 1. The molecule has 5 nitrogen and oxygen atoms in total. The summed E-state index contributed by atoms with van der Waals surface area (Å²) in [4.78, 5) is 26.0. The van der Waals surface area contributed by atoms with E-state index in [0.29, 0.717) is 39.1 Å². The van der Waals surface area contributed by atoms with Crippen LogP contribution in [0.3, 0.4) is 0 Å². The zero-order valence-corrected chi connectivity index (χ0v) is 14.2. The molecule has 2 heterocycles. The minimum atomic E-state index is -0.786. The molecule has 2 saturated heterocycles. The molecule has 0 saturated carbocycles. The van der Waals surface area contributed by atoms with E-state index in [0.717, 1.165) is 18.4 Å². The zero-order chi connectivity index (χ0) is 17.2. The summed E-state index contributed by atoms with van der Waals surface area (Å²) in [6.07, 6.45) is 2.59. The minimum absolute atomic E-state index is 0.0604. The van der Waals surface area contributed by atoms with Gasteiger partial charge in [0.05, 0.1) is 5.92 Å². The van der Waals surface area contributed by atoms with Crippen LogP contribution in [-0.2, 0) is 20.7 Å². The number of carboxylic acid groups (broad SMARTS) is 1. The highest BCUT2D eigenvalue weighted by molar-refractivity contribution is 5.79. The molecular weight excluding hydrogens is 306 g/mol. The molecule has 0 aliphatic carbocycles. The number of nitrogens with zero attached hydrogens (tertiary/aromatic N) is 1. The maximum atomic E-state index is 12.6. The molecule has 2 fully saturated rings. The van der Waals surface area contributed by atoms with Gasteiger partial charge in [0.15, 0.2) is 0 Å². The van der Waals surface area contributed by atoms with Gasteiger partial charge in [-0.25, -0.2) is 0 Å². The van der Waals surface area contributed by atoms with E-state index < -0.39 is 11.9 Å². The molecule has 1 aromatic rings. The summed E-state index contributed by atoms with van der Waals surface area (Å²) >= 11 is 0. The molecule has 1 atom stereocenters. The van der Waals surface area contributed by atoms with Crippen molar-refractivity contribution in [2.75, 3.05) is 26.3 Å². The Balaban J connectivity index is 1.63. The third kappa shape index (κ3) is 3.46. The molecule has 1 N–H and O–H groups in total. The molecule has 130 valence electrons. The Morgan fingerprint density at radius 2 is 1.92 bits per heavy atom. The molecule has 5 heteroatoms. The molecule has 1 unspecified atom stereocenters. The lowest BCUT2D eigenvalue weighted by Gasteiger charge is -2.36. The molecule has 1 amide bonds. The molecular formula is C19H25NO4. The van der Waals surface area contributed by atoms with Crippen LogP contribution in [0.5, 0.6) is 0 Å². The first-order valence-electron chi connectivity index (χ1n) is 8.64. The summed E-state index contributed by atoms with van der Waals surface area (Å²) in [7, 11) is 0. The van der Waals surface area contributed by atoms with Crippen molar-refractivity contribution >= 4 is 11.9 Å². The molecule has 2 aliphatic heterocycles. The van der Waals surface area contributed by atoms with E-state index in [2.05, 4.69) is 0 Å². The number of amides is 1. The van der Waals surface area contributed by atoms with Crippen molar-refractivity contribution in [2.24, 2.45) is 11.3 Å². The van der Waals surface area contributed by atoms with Crippen molar-refractivity contribution in [2.45, 2.75) is 32.6 Å².